The first-order valence-corrected chi connectivity index (χ1v) is 6.68. The van der Waals surface area contributed by atoms with Crippen LogP contribution < -0.4 is 4.90 Å². The number of carbonyl (C=O) groups excluding carboxylic acids is 1. The van der Waals surface area contributed by atoms with Crippen LogP contribution in [0.15, 0.2) is 18.3 Å². The second-order valence-electron chi connectivity index (χ2n) is 5.10. The number of carbonyl (C=O) groups is 1. The Hall–Kier alpha value is -2.09. The van der Waals surface area contributed by atoms with Crippen molar-refractivity contribution >= 4 is 11.6 Å². The lowest BCUT2D eigenvalue weighted by molar-refractivity contribution is -0.132. The molecule has 1 amide bonds. The van der Waals surface area contributed by atoms with Gasteiger partial charge in [0, 0.05) is 32.1 Å². The Morgan fingerprint density at radius 1 is 1.26 bits per heavy atom. The quantitative estimate of drug-likeness (QED) is 0.792. The summed E-state index contributed by atoms with van der Waals surface area (Å²) in [5.74, 6) is 0.640. The van der Waals surface area contributed by atoms with E-state index in [2.05, 4.69) is 9.88 Å². The van der Waals surface area contributed by atoms with E-state index in [9.17, 15) is 4.79 Å². The summed E-state index contributed by atoms with van der Waals surface area (Å²) in [4.78, 5) is 20.2. The topological polar surface area (TPSA) is 60.2 Å². The Morgan fingerprint density at radius 2 is 2.00 bits per heavy atom. The molecule has 0 aromatic carbocycles. The molecule has 1 aliphatic carbocycles. The monoisotopic (exact) mass is 256 g/mol. The van der Waals surface area contributed by atoms with Crippen molar-refractivity contribution in [3.63, 3.8) is 0 Å². The fourth-order valence-electron chi connectivity index (χ4n) is 2.41. The first-order valence-electron chi connectivity index (χ1n) is 6.68. The number of aromatic nitrogens is 1. The van der Waals surface area contributed by atoms with Gasteiger partial charge in [0.15, 0.2) is 0 Å². The van der Waals surface area contributed by atoms with Crippen molar-refractivity contribution in [3.8, 4) is 6.07 Å². The number of nitrogens with zero attached hydrogens (tertiary/aromatic N) is 4. The lowest BCUT2D eigenvalue weighted by Crippen LogP contribution is -2.49. The second kappa shape index (κ2) is 4.88. The van der Waals surface area contributed by atoms with E-state index in [1.165, 1.54) is 0 Å². The maximum absolute atomic E-state index is 11.9. The highest BCUT2D eigenvalue weighted by Crippen LogP contribution is 2.31. The molecule has 0 N–H and O–H groups in total. The molecule has 1 aromatic heterocycles. The minimum absolute atomic E-state index is 0.308. The zero-order valence-electron chi connectivity index (χ0n) is 10.7. The number of nitriles is 1. The van der Waals surface area contributed by atoms with E-state index in [4.69, 9.17) is 5.26 Å². The Morgan fingerprint density at radius 3 is 2.53 bits per heavy atom. The molecule has 2 aliphatic rings. The van der Waals surface area contributed by atoms with Crippen LogP contribution in [0, 0.1) is 17.2 Å². The summed E-state index contributed by atoms with van der Waals surface area (Å²) in [5, 5.41) is 8.72. The summed E-state index contributed by atoms with van der Waals surface area (Å²) in [6.07, 6.45) is 3.87. The van der Waals surface area contributed by atoms with E-state index in [-0.39, 0.29) is 0 Å². The molecule has 1 saturated heterocycles. The van der Waals surface area contributed by atoms with Crippen molar-refractivity contribution in [1.82, 2.24) is 9.88 Å². The fraction of sp³-hybridized carbons (Fsp3) is 0.500. The van der Waals surface area contributed by atoms with Crippen molar-refractivity contribution in [2.24, 2.45) is 5.92 Å². The van der Waals surface area contributed by atoms with E-state index in [0.717, 1.165) is 44.7 Å². The number of anilines is 1. The zero-order valence-corrected chi connectivity index (χ0v) is 10.7. The Balaban J connectivity index is 1.59. The van der Waals surface area contributed by atoms with Crippen molar-refractivity contribution in [1.29, 1.82) is 5.26 Å². The van der Waals surface area contributed by atoms with Crippen LogP contribution in [0.25, 0.3) is 0 Å². The van der Waals surface area contributed by atoms with Gasteiger partial charge in [-0.2, -0.15) is 5.26 Å². The van der Waals surface area contributed by atoms with Gasteiger partial charge in [0.2, 0.25) is 5.91 Å². The molecule has 0 spiro atoms. The average Bonchev–Trinajstić information content (AvgIpc) is 3.31. The molecular formula is C14H16N4O. The van der Waals surface area contributed by atoms with Gasteiger partial charge in [-0.1, -0.05) is 0 Å². The molecule has 5 nitrogen and oxygen atoms in total. The molecule has 19 heavy (non-hydrogen) atoms. The van der Waals surface area contributed by atoms with Gasteiger partial charge < -0.3 is 9.80 Å². The van der Waals surface area contributed by atoms with E-state index in [0.29, 0.717) is 17.5 Å². The van der Waals surface area contributed by atoms with Crippen LogP contribution in [0.4, 0.5) is 5.69 Å². The summed E-state index contributed by atoms with van der Waals surface area (Å²) in [6.45, 7) is 3.25. The lowest BCUT2D eigenvalue weighted by atomic mass is 10.2. The maximum atomic E-state index is 11.9. The highest BCUT2D eigenvalue weighted by molar-refractivity contribution is 5.81. The van der Waals surface area contributed by atoms with Crippen LogP contribution >= 0.6 is 0 Å². The van der Waals surface area contributed by atoms with Crippen LogP contribution in [-0.4, -0.2) is 42.0 Å². The highest BCUT2D eigenvalue weighted by Gasteiger charge is 2.34. The average molecular weight is 256 g/mol. The summed E-state index contributed by atoms with van der Waals surface area (Å²) in [7, 11) is 0. The molecule has 5 heteroatoms. The lowest BCUT2D eigenvalue weighted by Gasteiger charge is -2.36. The Bertz CT molecular complexity index is 507. The predicted molar refractivity (Wildman–Crippen MR) is 70.5 cm³/mol. The van der Waals surface area contributed by atoms with Crippen LogP contribution in [0.1, 0.15) is 18.5 Å². The van der Waals surface area contributed by atoms with E-state index < -0.39 is 0 Å². The normalized spacial score (nSPS) is 19.1. The molecule has 0 radical (unpaired) electrons. The van der Waals surface area contributed by atoms with Crippen LogP contribution in [0.2, 0.25) is 0 Å². The summed E-state index contributed by atoms with van der Waals surface area (Å²) in [6, 6.07) is 5.67. The number of rotatable bonds is 2. The number of hydrogen-bond donors (Lipinski definition) is 0. The Kier molecular flexibility index (Phi) is 3.08. The fourth-order valence-corrected chi connectivity index (χ4v) is 2.41. The van der Waals surface area contributed by atoms with E-state index in [1.807, 2.05) is 17.0 Å². The summed E-state index contributed by atoms with van der Waals surface area (Å²) < 4.78 is 0. The van der Waals surface area contributed by atoms with Crippen molar-refractivity contribution in [2.75, 3.05) is 31.1 Å². The standard InChI is InChI=1S/C14H16N4O/c15-9-12-3-4-13(10-16-12)17-5-7-18(8-6-17)14(19)11-1-2-11/h3-4,10-11H,1-2,5-8H2. The van der Waals surface area contributed by atoms with Crippen LogP contribution in [-0.2, 0) is 4.79 Å². The molecule has 1 aliphatic heterocycles. The molecule has 3 rings (SSSR count). The molecule has 0 bridgehead atoms. The molecule has 2 fully saturated rings. The van der Waals surface area contributed by atoms with Gasteiger partial charge in [-0.3, -0.25) is 4.79 Å². The summed E-state index contributed by atoms with van der Waals surface area (Å²) >= 11 is 0. The van der Waals surface area contributed by atoms with Gasteiger partial charge in [-0.25, -0.2) is 4.98 Å². The van der Waals surface area contributed by atoms with Crippen LogP contribution in [0.5, 0.6) is 0 Å². The van der Waals surface area contributed by atoms with Crippen LogP contribution in [0.3, 0.4) is 0 Å². The Labute approximate surface area is 112 Å². The first kappa shape index (κ1) is 12.0. The molecule has 2 heterocycles. The number of amides is 1. The predicted octanol–water partition coefficient (Wildman–Crippen LogP) is 1.01. The molecule has 1 saturated carbocycles. The number of pyridine rings is 1. The molecule has 1 aromatic rings. The van der Waals surface area contributed by atoms with Gasteiger partial charge in [-0.15, -0.1) is 0 Å². The SMILES string of the molecule is N#Cc1ccc(N2CCN(C(=O)C3CC3)CC2)cn1. The number of piperazine rings is 1. The first-order chi connectivity index (χ1) is 9.28. The third kappa shape index (κ3) is 2.53. The summed E-state index contributed by atoms with van der Waals surface area (Å²) in [5.41, 5.74) is 1.46. The van der Waals surface area contributed by atoms with Crippen molar-refractivity contribution in [2.45, 2.75) is 12.8 Å². The largest absolute Gasteiger partial charge is 0.367 e. The van der Waals surface area contributed by atoms with E-state index in [1.54, 1.807) is 12.3 Å². The van der Waals surface area contributed by atoms with E-state index >= 15 is 0 Å². The highest BCUT2D eigenvalue weighted by atomic mass is 16.2. The number of hydrogen-bond acceptors (Lipinski definition) is 4. The third-order valence-electron chi connectivity index (χ3n) is 3.75. The maximum Gasteiger partial charge on any atom is 0.225 e. The third-order valence-corrected chi connectivity index (χ3v) is 3.75. The molecule has 0 atom stereocenters. The van der Waals surface area contributed by atoms with Crippen molar-refractivity contribution in [3.05, 3.63) is 24.0 Å². The van der Waals surface area contributed by atoms with Gasteiger partial charge in [-0.05, 0) is 25.0 Å². The van der Waals surface area contributed by atoms with Gasteiger partial charge in [0.1, 0.15) is 11.8 Å². The van der Waals surface area contributed by atoms with Gasteiger partial charge in [0.05, 0.1) is 11.9 Å². The van der Waals surface area contributed by atoms with Gasteiger partial charge >= 0.3 is 0 Å². The molecular weight excluding hydrogens is 240 g/mol. The van der Waals surface area contributed by atoms with Gasteiger partial charge in [0.25, 0.3) is 0 Å². The van der Waals surface area contributed by atoms with Crippen molar-refractivity contribution < 1.29 is 4.79 Å². The smallest absolute Gasteiger partial charge is 0.225 e. The zero-order chi connectivity index (χ0) is 13.2. The minimum Gasteiger partial charge on any atom is -0.367 e. The molecule has 0 unspecified atom stereocenters. The molecule has 98 valence electrons. The second-order valence-corrected chi connectivity index (χ2v) is 5.10. The minimum atomic E-state index is 0.308.